The van der Waals surface area contributed by atoms with Crippen LogP contribution in [0.3, 0.4) is 0 Å². The Morgan fingerprint density at radius 2 is 1.57 bits per heavy atom. The van der Waals surface area contributed by atoms with Gasteiger partial charge in [0.1, 0.15) is 12.3 Å². The second kappa shape index (κ2) is 14.1. The molecule has 42 heavy (non-hydrogen) atoms. The number of amides is 1. The summed E-state index contributed by atoms with van der Waals surface area (Å²) in [6.07, 6.45) is 1.41. The molecule has 0 saturated heterocycles. The number of carbonyl (C=O) groups is 4. The molecule has 3 aromatic carbocycles. The Morgan fingerprint density at radius 3 is 2.19 bits per heavy atom. The number of halogens is 1. The third kappa shape index (κ3) is 8.55. The second-order valence-corrected chi connectivity index (χ2v) is 9.80. The van der Waals surface area contributed by atoms with Crippen LogP contribution in [0.25, 0.3) is 0 Å². The summed E-state index contributed by atoms with van der Waals surface area (Å²) in [5, 5.41) is 18.3. The topological polar surface area (TPSA) is 186 Å². The van der Waals surface area contributed by atoms with Crippen LogP contribution in [-0.2, 0) is 33.8 Å². The second-order valence-electron chi connectivity index (χ2n) is 9.80. The lowest BCUT2D eigenvalue weighted by molar-refractivity contribution is -0.145. The van der Waals surface area contributed by atoms with Gasteiger partial charge >= 0.3 is 17.9 Å². The van der Waals surface area contributed by atoms with E-state index in [1.54, 1.807) is 60.7 Å². The maximum absolute atomic E-state index is 13.2. The van der Waals surface area contributed by atoms with Gasteiger partial charge in [0.05, 0.1) is 17.7 Å². The normalized spacial score (nSPS) is 13.3. The summed E-state index contributed by atoms with van der Waals surface area (Å²) in [5.41, 5.74) is 14.8. The van der Waals surface area contributed by atoms with Crippen LogP contribution < -0.4 is 16.2 Å². The van der Waals surface area contributed by atoms with Crippen LogP contribution >= 0.6 is 12.4 Å². The first kappa shape index (κ1) is 31.6. The lowest BCUT2D eigenvalue weighted by Crippen LogP contribution is -2.35. The molecule has 0 bridgehead atoms. The van der Waals surface area contributed by atoms with Gasteiger partial charge in [0.25, 0.3) is 0 Å². The molecule has 0 aromatic heterocycles. The van der Waals surface area contributed by atoms with Gasteiger partial charge in [0, 0.05) is 13.0 Å². The van der Waals surface area contributed by atoms with Gasteiger partial charge in [-0.3, -0.25) is 14.4 Å². The highest BCUT2D eigenvalue weighted by molar-refractivity contribution is 5.91. The van der Waals surface area contributed by atoms with Crippen molar-refractivity contribution in [2.24, 2.45) is 16.5 Å². The molecular weight excluding hydrogens is 564 g/mol. The molecule has 0 fully saturated rings. The molecule has 6 N–H and O–H groups in total. The maximum Gasteiger partial charge on any atom is 0.343 e. The first-order chi connectivity index (χ1) is 19.6. The lowest BCUT2D eigenvalue weighted by Gasteiger charge is -2.23. The highest BCUT2D eigenvalue weighted by Gasteiger charge is 2.28. The zero-order valence-electron chi connectivity index (χ0n) is 22.6. The predicted octanol–water partition coefficient (Wildman–Crippen LogP) is 3.39. The molecule has 0 spiro atoms. The Kier molecular flexibility index (Phi) is 10.6. The number of nitrogens with two attached hydrogens (primary N) is 2. The number of carboxylic acid groups (broad SMARTS) is 2. The molecule has 1 atom stereocenters. The molecule has 0 heterocycles. The summed E-state index contributed by atoms with van der Waals surface area (Å²) in [5.74, 6) is -2.70. The average Bonchev–Trinajstić information content (AvgIpc) is 3.30. The number of esters is 1. The molecular formula is C30H31ClN4O7. The first-order valence-electron chi connectivity index (χ1n) is 12.9. The Balaban J connectivity index is 0.00000484. The molecule has 1 aliphatic carbocycles. The summed E-state index contributed by atoms with van der Waals surface area (Å²) >= 11 is 0. The van der Waals surface area contributed by atoms with Crippen LogP contribution in [-0.4, -0.2) is 51.4 Å². The van der Waals surface area contributed by atoms with Gasteiger partial charge in [-0.1, -0.05) is 30.3 Å². The molecule has 1 amide bonds. The van der Waals surface area contributed by atoms with E-state index in [0.29, 0.717) is 41.0 Å². The van der Waals surface area contributed by atoms with E-state index in [9.17, 15) is 24.3 Å². The summed E-state index contributed by atoms with van der Waals surface area (Å²) in [7, 11) is 0. The van der Waals surface area contributed by atoms with E-state index in [1.165, 1.54) is 4.90 Å². The monoisotopic (exact) mass is 594 g/mol. The molecule has 12 heteroatoms. The van der Waals surface area contributed by atoms with Gasteiger partial charge in [-0.25, -0.2) is 9.79 Å². The predicted molar refractivity (Wildman–Crippen MR) is 157 cm³/mol. The van der Waals surface area contributed by atoms with Crippen LogP contribution in [0.5, 0.6) is 5.75 Å². The van der Waals surface area contributed by atoms with E-state index >= 15 is 0 Å². The van der Waals surface area contributed by atoms with Gasteiger partial charge in [-0.2, -0.15) is 0 Å². The number of aliphatic carboxylic acids is 2. The largest absolute Gasteiger partial charge is 0.481 e. The number of hydrogen-bond donors (Lipinski definition) is 4. The van der Waals surface area contributed by atoms with Gasteiger partial charge in [0.2, 0.25) is 5.91 Å². The van der Waals surface area contributed by atoms with E-state index in [4.69, 9.17) is 21.3 Å². The lowest BCUT2D eigenvalue weighted by atomic mass is 9.97. The van der Waals surface area contributed by atoms with Crippen molar-refractivity contribution < 1.29 is 34.1 Å². The maximum atomic E-state index is 13.2. The van der Waals surface area contributed by atoms with Gasteiger partial charge in [0.15, 0.2) is 5.96 Å². The van der Waals surface area contributed by atoms with Gasteiger partial charge in [-0.15, -0.1) is 12.4 Å². The van der Waals surface area contributed by atoms with Crippen molar-refractivity contribution in [1.82, 2.24) is 4.90 Å². The number of carbonyl (C=O) groups excluding carboxylic acids is 2. The molecule has 220 valence electrons. The van der Waals surface area contributed by atoms with Crippen LogP contribution in [0.2, 0.25) is 0 Å². The molecule has 0 saturated carbocycles. The Hall–Kier alpha value is -4.90. The molecule has 0 aliphatic heterocycles. The molecule has 3 aromatic rings. The number of aliphatic imine (C=N–C) groups is 1. The van der Waals surface area contributed by atoms with E-state index < -0.39 is 24.5 Å². The summed E-state index contributed by atoms with van der Waals surface area (Å²) in [4.78, 5) is 53.4. The number of carboxylic acids is 2. The fraction of sp³-hybridized carbons (Fsp3) is 0.233. The molecule has 0 radical (unpaired) electrons. The third-order valence-electron chi connectivity index (χ3n) is 6.74. The number of nitrogens with zero attached hydrogens (tertiary/aromatic N) is 2. The molecule has 1 unspecified atom stereocenters. The van der Waals surface area contributed by atoms with Crippen molar-refractivity contribution in [1.29, 1.82) is 0 Å². The fourth-order valence-corrected chi connectivity index (χ4v) is 4.84. The summed E-state index contributed by atoms with van der Waals surface area (Å²) in [6.45, 7) is -0.350. The van der Waals surface area contributed by atoms with Crippen molar-refractivity contribution in [2.75, 3.05) is 6.54 Å². The fourth-order valence-electron chi connectivity index (χ4n) is 4.84. The number of aryl methyl sites for hydroxylation is 1. The van der Waals surface area contributed by atoms with Gasteiger partial charge in [-0.05, 0) is 77.4 Å². The minimum atomic E-state index is -1.12. The van der Waals surface area contributed by atoms with Crippen LogP contribution in [0.4, 0.5) is 5.69 Å². The molecule has 1 aliphatic rings. The first-order valence-corrected chi connectivity index (χ1v) is 12.9. The van der Waals surface area contributed by atoms with Crippen LogP contribution in [0.1, 0.15) is 51.4 Å². The SMILES string of the molecule is Cl.NC(N)=Nc1ccc(C(=O)Oc2ccc3c(c2)CCC3CC(=O)N(CC(=O)O)Cc2ccc(CC(=O)O)cc2)cc1. The third-order valence-corrected chi connectivity index (χ3v) is 6.74. The molecule has 4 rings (SSSR count). The minimum absolute atomic E-state index is 0. The van der Waals surface area contributed by atoms with Crippen molar-refractivity contribution >= 4 is 47.9 Å². The Morgan fingerprint density at radius 1 is 0.905 bits per heavy atom. The van der Waals surface area contributed by atoms with Gasteiger partial charge < -0.3 is 31.3 Å². The zero-order chi connectivity index (χ0) is 29.5. The summed E-state index contributed by atoms with van der Waals surface area (Å²) in [6, 6.07) is 18.4. The van der Waals surface area contributed by atoms with Crippen molar-refractivity contribution in [2.45, 2.75) is 38.1 Å². The number of ether oxygens (including phenoxy) is 1. The minimum Gasteiger partial charge on any atom is -0.481 e. The van der Waals surface area contributed by atoms with Crippen molar-refractivity contribution in [3.8, 4) is 5.75 Å². The van der Waals surface area contributed by atoms with E-state index in [0.717, 1.165) is 11.1 Å². The van der Waals surface area contributed by atoms with Crippen LogP contribution in [0.15, 0.2) is 71.7 Å². The number of rotatable bonds is 11. The van der Waals surface area contributed by atoms with Crippen LogP contribution in [0, 0.1) is 0 Å². The van der Waals surface area contributed by atoms with Crippen molar-refractivity contribution in [3.63, 3.8) is 0 Å². The highest BCUT2D eigenvalue weighted by Crippen LogP contribution is 2.38. The number of benzene rings is 3. The number of guanidine groups is 1. The quantitative estimate of drug-likeness (QED) is 0.112. The average molecular weight is 595 g/mol. The van der Waals surface area contributed by atoms with Crippen molar-refractivity contribution in [3.05, 3.63) is 94.5 Å². The standard InChI is InChI=1S/C30H30N4O7.ClH/c31-30(32)33-23-9-7-20(8-10-23)29(40)41-24-11-12-25-21(14-24)5-6-22(25)15-26(35)34(17-28(38)39)16-19-3-1-18(2-4-19)13-27(36)37;/h1-4,7-12,14,22H,5-6,13,15-17H2,(H,36,37)(H,38,39)(H4,31,32,33);1H. The van der Waals surface area contributed by atoms with E-state index in [2.05, 4.69) is 4.99 Å². The van der Waals surface area contributed by atoms with E-state index in [1.807, 2.05) is 6.07 Å². The Labute approximate surface area is 248 Å². The highest BCUT2D eigenvalue weighted by atomic mass is 35.5. The Bertz CT molecular complexity index is 1490. The number of hydrogen-bond acceptors (Lipinski definition) is 6. The number of fused-ring (bicyclic) bond motifs is 1. The zero-order valence-corrected chi connectivity index (χ0v) is 23.4. The van der Waals surface area contributed by atoms with E-state index in [-0.39, 0.29) is 49.6 Å². The smallest absolute Gasteiger partial charge is 0.343 e. The summed E-state index contributed by atoms with van der Waals surface area (Å²) < 4.78 is 5.54. The molecule has 11 nitrogen and oxygen atoms in total.